The Morgan fingerprint density at radius 2 is 1.81 bits per heavy atom. The van der Waals surface area contributed by atoms with E-state index >= 15 is 0 Å². The highest BCUT2D eigenvalue weighted by atomic mass is 16.6. The number of para-hydroxylation sites is 1. The van der Waals surface area contributed by atoms with Gasteiger partial charge in [0.05, 0.1) is 0 Å². The summed E-state index contributed by atoms with van der Waals surface area (Å²) in [6.45, 7) is 13.2. The van der Waals surface area contributed by atoms with E-state index in [0.717, 1.165) is 30.4 Å². The predicted octanol–water partition coefficient (Wildman–Crippen LogP) is 5.86. The van der Waals surface area contributed by atoms with E-state index in [1.807, 2.05) is 55.5 Å². The number of carbonyl (C=O) groups is 3. The van der Waals surface area contributed by atoms with Crippen LogP contribution < -0.4 is 10.6 Å². The Hall–Kier alpha value is -3.61. The number of nitrogens with one attached hydrogen (secondary N) is 2. The van der Waals surface area contributed by atoms with Crippen LogP contribution in [0.4, 0.5) is 10.5 Å². The topological polar surface area (TPSA) is 87.7 Å². The van der Waals surface area contributed by atoms with E-state index in [9.17, 15) is 14.4 Å². The van der Waals surface area contributed by atoms with Crippen molar-refractivity contribution in [1.82, 2.24) is 10.2 Å². The molecule has 2 rings (SSSR count). The molecule has 0 aromatic heterocycles. The molecule has 2 aromatic carbocycles. The number of amides is 3. The van der Waals surface area contributed by atoms with Gasteiger partial charge in [-0.15, -0.1) is 0 Å². The largest absolute Gasteiger partial charge is 0.444 e. The molecule has 36 heavy (non-hydrogen) atoms. The molecule has 0 radical (unpaired) electrons. The molecule has 0 aliphatic carbocycles. The lowest BCUT2D eigenvalue weighted by Crippen LogP contribution is -2.47. The van der Waals surface area contributed by atoms with Crippen LogP contribution in [0.2, 0.25) is 0 Å². The maximum Gasteiger partial charge on any atom is 0.408 e. The van der Waals surface area contributed by atoms with Crippen molar-refractivity contribution in [3.05, 3.63) is 71.8 Å². The normalized spacial score (nSPS) is 11.8. The van der Waals surface area contributed by atoms with Gasteiger partial charge in [-0.1, -0.05) is 68.8 Å². The van der Waals surface area contributed by atoms with Crippen LogP contribution in [0.15, 0.2) is 55.1 Å². The molecule has 0 spiro atoms. The standard InChI is InChI=1S/C29H39N3O4/c1-7-9-12-18-32(25(33)20-30-28(35)36-29(4,5)6)26(23-16-13-15-22(8-2)19-23)27(34)31-24-17-11-10-14-21(24)3/h8,10-11,13-17,19,26H,2,7,9,12,18,20H2,1,3-6H3,(H,30,35)(H,31,34). The number of carbonyl (C=O) groups excluding carboxylic acids is 3. The van der Waals surface area contributed by atoms with Gasteiger partial charge in [0, 0.05) is 12.2 Å². The lowest BCUT2D eigenvalue weighted by molar-refractivity contribution is -0.138. The summed E-state index contributed by atoms with van der Waals surface area (Å²) in [7, 11) is 0. The zero-order valence-electron chi connectivity index (χ0n) is 22.1. The number of hydrogen-bond donors (Lipinski definition) is 2. The molecule has 2 N–H and O–H groups in total. The van der Waals surface area contributed by atoms with Crippen molar-refractivity contribution in [3.8, 4) is 0 Å². The fourth-order valence-electron chi connectivity index (χ4n) is 3.74. The predicted molar refractivity (Wildman–Crippen MR) is 145 cm³/mol. The molecule has 0 aliphatic rings. The quantitative estimate of drug-likeness (QED) is 0.384. The third-order valence-electron chi connectivity index (χ3n) is 5.53. The van der Waals surface area contributed by atoms with Crippen LogP contribution in [-0.2, 0) is 14.3 Å². The van der Waals surface area contributed by atoms with Crippen molar-refractivity contribution in [2.45, 2.75) is 65.5 Å². The molecule has 0 saturated carbocycles. The lowest BCUT2D eigenvalue weighted by Gasteiger charge is -2.32. The fourth-order valence-corrected chi connectivity index (χ4v) is 3.74. The van der Waals surface area contributed by atoms with Crippen molar-refractivity contribution in [3.63, 3.8) is 0 Å². The number of anilines is 1. The minimum absolute atomic E-state index is 0.281. The van der Waals surface area contributed by atoms with Gasteiger partial charge in [-0.3, -0.25) is 9.59 Å². The molecule has 3 amide bonds. The number of benzene rings is 2. The number of unbranched alkanes of at least 4 members (excludes halogenated alkanes) is 2. The molecule has 7 nitrogen and oxygen atoms in total. The number of hydrogen-bond acceptors (Lipinski definition) is 4. The Labute approximate surface area is 214 Å². The van der Waals surface area contributed by atoms with Crippen LogP contribution in [-0.4, -0.2) is 41.5 Å². The maximum absolute atomic E-state index is 13.7. The summed E-state index contributed by atoms with van der Waals surface area (Å²) in [6, 6.07) is 14.0. The van der Waals surface area contributed by atoms with E-state index in [0.29, 0.717) is 17.8 Å². The summed E-state index contributed by atoms with van der Waals surface area (Å²) in [4.78, 5) is 40.9. The molecule has 0 fully saturated rings. The summed E-state index contributed by atoms with van der Waals surface area (Å²) < 4.78 is 5.27. The van der Waals surface area contributed by atoms with Crippen molar-refractivity contribution < 1.29 is 19.1 Å². The molecule has 0 bridgehead atoms. The molecule has 194 valence electrons. The Morgan fingerprint density at radius 1 is 1.08 bits per heavy atom. The fraction of sp³-hybridized carbons (Fsp3) is 0.414. The first-order valence-electron chi connectivity index (χ1n) is 12.4. The highest BCUT2D eigenvalue weighted by molar-refractivity contribution is 5.99. The Morgan fingerprint density at radius 3 is 2.44 bits per heavy atom. The monoisotopic (exact) mass is 493 g/mol. The van der Waals surface area contributed by atoms with Crippen LogP contribution >= 0.6 is 0 Å². The minimum Gasteiger partial charge on any atom is -0.444 e. The van der Waals surface area contributed by atoms with Gasteiger partial charge < -0.3 is 20.3 Å². The van der Waals surface area contributed by atoms with Crippen LogP contribution in [0.25, 0.3) is 6.08 Å². The first-order chi connectivity index (χ1) is 17.1. The highest BCUT2D eigenvalue weighted by Crippen LogP contribution is 2.26. The molecular weight excluding hydrogens is 454 g/mol. The average Bonchev–Trinajstić information content (AvgIpc) is 2.82. The van der Waals surface area contributed by atoms with Crippen LogP contribution in [0.3, 0.4) is 0 Å². The van der Waals surface area contributed by atoms with Gasteiger partial charge in [0.25, 0.3) is 5.91 Å². The van der Waals surface area contributed by atoms with E-state index in [2.05, 4.69) is 24.1 Å². The summed E-state index contributed by atoms with van der Waals surface area (Å²) in [5.41, 5.74) is 2.42. The number of alkyl carbamates (subject to hydrolysis) is 1. The van der Waals surface area contributed by atoms with Gasteiger partial charge in [-0.25, -0.2) is 4.79 Å². The molecule has 1 unspecified atom stereocenters. The molecular formula is C29H39N3O4. The molecule has 1 atom stereocenters. The first-order valence-corrected chi connectivity index (χ1v) is 12.4. The second-order valence-corrected chi connectivity index (χ2v) is 9.73. The van der Waals surface area contributed by atoms with Gasteiger partial charge in [-0.05, 0) is 62.9 Å². The zero-order chi connectivity index (χ0) is 26.7. The van der Waals surface area contributed by atoms with Gasteiger partial charge in [0.2, 0.25) is 5.91 Å². The van der Waals surface area contributed by atoms with Crippen molar-refractivity contribution in [2.75, 3.05) is 18.4 Å². The summed E-state index contributed by atoms with van der Waals surface area (Å²) in [5, 5.41) is 5.53. The van der Waals surface area contributed by atoms with Crippen molar-refractivity contribution in [1.29, 1.82) is 0 Å². The van der Waals surface area contributed by atoms with Gasteiger partial charge in [-0.2, -0.15) is 0 Å². The Balaban J connectivity index is 2.40. The number of rotatable bonds is 11. The van der Waals surface area contributed by atoms with Gasteiger partial charge in [0.15, 0.2) is 0 Å². The SMILES string of the molecule is C=Cc1cccc(C(C(=O)Nc2ccccc2C)N(CCCCC)C(=O)CNC(=O)OC(C)(C)C)c1. The van der Waals surface area contributed by atoms with E-state index < -0.39 is 17.7 Å². The number of nitrogens with zero attached hydrogens (tertiary/aromatic N) is 1. The number of aryl methyl sites for hydroxylation is 1. The molecule has 7 heteroatoms. The van der Waals surface area contributed by atoms with Gasteiger partial charge in [0.1, 0.15) is 18.2 Å². The second-order valence-electron chi connectivity index (χ2n) is 9.73. The molecule has 0 aliphatic heterocycles. The number of ether oxygens (including phenoxy) is 1. The Kier molecular flexibility index (Phi) is 10.7. The smallest absolute Gasteiger partial charge is 0.408 e. The lowest BCUT2D eigenvalue weighted by atomic mass is 10.00. The molecule has 0 heterocycles. The van der Waals surface area contributed by atoms with Gasteiger partial charge >= 0.3 is 6.09 Å². The highest BCUT2D eigenvalue weighted by Gasteiger charge is 2.32. The van der Waals surface area contributed by atoms with Crippen LogP contribution in [0, 0.1) is 6.92 Å². The summed E-state index contributed by atoms with van der Waals surface area (Å²) in [6.07, 6.45) is 3.61. The maximum atomic E-state index is 13.7. The van der Waals surface area contributed by atoms with Crippen molar-refractivity contribution >= 4 is 29.7 Å². The van der Waals surface area contributed by atoms with Crippen LogP contribution in [0.5, 0.6) is 0 Å². The van der Waals surface area contributed by atoms with Crippen molar-refractivity contribution in [2.24, 2.45) is 0 Å². The molecule has 2 aromatic rings. The third-order valence-corrected chi connectivity index (χ3v) is 5.53. The minimum atomic E-state index is -0.894. The van der Waals surface area contributed by atoms with E-state index in [1.165, 1.54) is 0 Å². The van der Waals surface area contributed by atoms with Crippen LogP contribution in [0.1, 0.15) is 69.7 Å². The van der Waals surface area contributed by atoms with E-state index in [-0.39, 0.29) is 18.4 Å². The molecule has 0 saturated heterocycles. The first kappa shape index (κ1) is 28.6. The summed E-state index contributed by atoms with van der Waals surface area (Å²) in [5.74, 6) is -0.696. The third kappa shape index (κ3) is 8.87. The Bertz CT molecular complexity index is 1060. The average molecular weight is 494 g/mol. The van der Waals surface area contributed by atoms with E-state index in [1.54, 1.807) is 31.7 Å². The zero-order valence-corrected chi connectivity index (χ0v) is 22.1. The second kappa shape index (κ2) is 13.5. The summed E-state index contributed by atoms with van der Waals surface area (Å²) >= 11 is 0. The van der Waals surface area contributed by atoms with E-state index in [4.69, 9.17) is 4.74 Å².